The first-order valence-corrected chi connectivity index (χ1v) is 12.1. The fraction of sp³-hybridized carbons (Fsp3) is 0.222. The van der Waals surface area contributed by atoms with Crippen LogP contribution < -0.4 is 10.6 Å². The molecule has 0 saturated heterocycles. The van der Waals surface area contributed by atoms with Crippen molar-refractivity contribution in [2.45, 2.75) is 38.5 Å². The molecule has 0 saturated carbocycles. The van der Waals surface area contributed by atoms with E-state index in [0.717, 1.165) is 19.4 Å². The Kier molecular flexibility index (Phi) is 7.30. The highest BCUT2D eigenvalue weighted by atomic mass is 31.1. The van der Waals surface area contributed by atoms with Crippen molar-refractivity contribution in [2.75, 3.05) is 0 Å². The largest absolute Gasteiger partial charge is 0.458 e. The van der Waals surface area contributed by atoms with Crippen molar-refractivity contribution >= 4 is 24.7 Å². The van der Waals surface area contributed by atoms with Gasteiger partial charge in [0.05, 0.1) is 0 Å². The van der Waals surface area contributed by atoms with E-state index in [4.69, 9.17) is 4.74 Å². The number of hydrogen-bond donors (Lipinski definition) is 0. The third-order valence-electron chi connectivity index (χ3n) is 5.44. The van der Waals surface area contributed by atoms with E-state index in [1.54, 1.807) is 0 Å². The zero-order valence-electron chi connectivity index (χ0n) is 17.8. The van der Waals surface area contributed by atoms with E-state index in [1.165, 1.54) is 23.1 Å². The molecule has 3 aromatic carbocycles. The van der Waals surface area contributed by atoms with Crippen molar-refractivity contribution in [1.82, 2.24) is 4.67 Å². The van der Waals surface area contributed by atoms with Gasteiger partial charge in [-0.25, -0.2) is 0 Å². The normalized spacial score (nSPS) is 18.3. The lowest BCUT2D eigenvalue weighted by atomic mass is 10.00. The van der Waals surface area contributed by atoms with Gasteiger partial charge in [-0.3, -0.25) is 9.46 Å². The predicted octanol–water partition coefficient (Wildman–Crippen LogP) is 5.19. The SMILES string of the molecule is CC(=O)O[C@@H]1C=C[C@H](N(Cc2ccccc2)P(c2ccccc2)c2ccccc2)CC1. The van der Waals surface area contributed by atoms with Gasteiger partial charge in [0.2, 0.25) is 0 Å². The number of carbonyl (C=O) groups is 1. The molecule has 0 bridgehead atoms. The average Bonchev–Trinajstić information content (AvgIpc) is 2.81. The molecular formula is C27H28NO2P. The molecule has 3 nitrogen and oxygen atoms in total. The van der Waals surface area contributed by atoms with Gasteiger partial charge in [0.15, 0.2) is 0 Å². The summed E-state index contributed by atoms with van der Waals surface area (Å²) < 4.78 is 8.06. The summed E-state index contributed by atoms with van der Waals surface area (Å²) in [5.41, 5.74) is 1.30. The van der Waals surface area contributed by atoms with Crippen LogP contribution in [0.4, 0.5) is 0 Å². The van der Waals surface area contributed by atoms with Crippen molar-refractivity contribution in [3.63, 3.8) is 0 Å². The monoisotopic (exact) mass is 429 g/mol. The van der Waals surface area contributed by atoms with Gasteiger partial charge in [-0.1, -0.05) is 97.1 Å². The first-order chi connectivity index (χ1) is 15.2. The lowest BCUT2D eigenvalue weighted by Gasteiger charge is -2.39. The maximum Gasteiger partial charge on any atom is 0.303 e. The molecule has 2 atom stereocenters. The molecule has 0 amide bonds. The van der Waals surface area contributed by atoms with Gasteiger partial charge in [-0.15, -0.1) is 0 Å². The number of esters is 1. The summed E-state index contributed by atoms with van der Waals surface area (Å²) in [6, 6.07) is 32.6. The Balaban J connectivity index is 1.72. The number of carbonyl (C=O) groups excluding carboxylic acids is 1. The second-order valence-corrected chi connectivity index (χ2v) is 9.91. The van der Waals surface area contributed by atoms with Gasteiger partial charge in [-0.2, -0.15) is 0 Å². The van der Waals surface area contributed by atoms with Crippen molar-refractivity contribution in [3.8, 4) is 0 Å². The molecule has 0 aliphatic heterocycles. The number of ether oxygens (including phenoxy) is 1. The van der Waals surface area contributed by atoms with Crippen LogP contribution in [0.5, 0.6) is 0 Å². The van der Waals surface area contributed by atoms with Crippen molar-refractivity contribution in [3.05, 3.63) is 109 Å². The van der Waals surface area contributed by atoms with Crippen LogP contribution in [0.3, 0.4) is 0 Å². The zero-order chi connectivity index (χ0) is 21.5. The van der Waals surface area contributed by atoms with E-state index >= 15 is 0 Å². The maximum atomic E-state index is 11.4. The molecule has 0 spiro atoms. The minimum absolute atomic E-state index is 0.119. The van der Waals surface area contributed by atoms with Crippen LogP contribution >= 0.6 is 8.07 Å². The highest BCUT2D eigenvalue weighted by molar-refractivity contribution is 7.70. The molecule has 0 N–H and O–H groups in total. The van der Waals surface area contributed by atoms with Crippen LogP contribution in [0.2, 0.25) is 0 Å². The Morgan fingerprint density at radius 3 is 1.87 bits per heavy atom. The van der Waals surface area contributed by atoms with E-state index in [9.17, 15) is 4.79 Å². The van der Waals surface area contributed by atoms with Crippen LogP contribution in [0.1, 0.15) is 25.3 Å². The van der Waals surface area contributed by atoms with Gasteiger partial charge in [0.1, 0.15) is 6.10 Å². The topological polar surface area (TPSA) is 29.5 Å². The quantitative estimate of drug-likeness (QED) is 0.294. The van der Waals surface area contributed by atoms with E-state index in [0.29, 0.717) is 0 Å². The minimum Gasteiger partial charge on any atom is -0.458 e. The van der Waals surface area contributed by atoms with Gasteiger partial charge in [-0.05, 0) is 35.1 Å². The van der Waals surface area contributed by atoms with Crippen LogP contribution in [0.25, 0.3) is 0 Å². The molecule has 1 aliphatic carbocycles. The van der Waals surface area contributed by atoms with Crippen molar-refractivity contribution in [2.24, 2.45) is 0 Å². The molecule has 0 unspecified atom stereocenters. The van der Waals surface area contributed by atoms with Crippen LogP contribution in [-0.4, -0.2) is 22.8 Å². The first-order valence-electron chi connectivity index (χ1n) is 10.8. The molecule has 3 aromatic rings. The summed E-state index contributed by atoms with van der Waals surface area (Å²) in [6.45, 7) is 2.34. The molecule has 0 aromatic heterocycles. The zero-order valence-corrected chi connectivity index (χ0v) is 18.7. The summed E-state index contributed by atoms with van der Waals surface area (Å²) in [5, 5.41) is 2.69. The fourth-order valence-corrected chi connectivity index (χ4v) is 6.62. The van der Waals surface area contributed by atoms with Gasteiger partial charge < -0.3 is 4.74 Å². The smallest absolute Gasteiger partial charge is 0.303 e. The summed E-state index contributed by atoms with van der Waals surface area (Å²) in [4.78, 5) is 11.4. The van der Waals surface area contributed by atoms with Gasteiger partial charge in [0, 0.05) is 27.6 Å². The van der Waals surface area contributed by atoms with E-state index in [2.05, 4.69) is 108 Å². The molecule has 0 heterocycles. The fourth-order valence-electron chi connectivity index (χ4n) is 4.03. The highest BCUT2D eigenvalue weighted by Gasteiger charge is 2.30. The standard InChI is InChI=1S/C27H28NO2P/c1-22(29)30-25-19-17-24(18-20-25)28(21-23-11-5-2-6-12-23)31(26-13-7-3-8-14-26)27-15-9-4-10-16-27/h2-17,19,24-25H,18,20-21H2,1H3/t24-,25+/m0/s1. The molecule has 158 valence electrons. The third-order valence-corrected chi connectivity index (χ3v) is 7.97. The summed E-state index contributed by atoms with van der Waals surface area (Å²) >= 11 is 0. The van der Waals surface area contributed by atoms with Crippen LogP contribution in [0.15, 0.2) is 103 Å². The van der Waals surface area contributed by atoms with Gasteiger partial charge >= 0.3 is 5.97 Å². The third kappa shape index (κ3) is 5.70. The van der Waals surface area contributed by atoms with E-state index in [1.807, 2.05) is 0 Å². The van der Waals surface area contributed by atoms with Crippen molar-refractivity contribution < 1.29 is 9.53 Å². The van der Waals surface area contributed by atoms with Gasteiger partial charge in [0.25, 0.3) is 0 Å². The first kappa shape index (κ1) is 21.5. The lowest BCUT2D eigenvalue weighted by Crippen LogP contribution is -2.38. The number of rotatable bonds is 7. The molecule has 4 heteroatoms. The Bertz CT molecular complexity index is 952. The highest BCUT2D eigenvalue weighted by Crippen LogP contribution is 2.43. The average molecular weight is 430 g/mol. The lowest BCUT2D eigenvalue weighted by molar-refractivity contribution is -0.144. The van der Waals surface area contributed by atoms with Crippen LogP contribution in [0, 0.1) is 0 Å². The molecule has 0 fully saturated rings. The van der Waals surface area contributed by atoms with E-state index < -0.39 is 8.07 Å². The second-order valence-electron chi connectivity index (χ2n) is 7.74. The molecule has 4 rings (SSSR count). The predicted molar refractivity (Wildman–Crippen MR) is 129 cm³/mol. The number of nitrogens with zero attached hydrogens (tertiary/aromatic N) is 1. The summed E-state index contributed by atoms with van der Waals surface area (Å²) in [5.74, 6) is -0.218. The number of benzene rings is 3. The minimum atomic E-state index is -0.717. The van der Waals surface area contributed by atoms with Crippen LogP contribution in [-0.2, 0) is 16.1 Å². The maximum absolute atomic E-state index is 11.4. The Morgan fingerprint density at radius 2 is 1.39 bits per heavy atom. The summed E-state index contributed by atoms with van der Waals surface area (Å²) in [7, 11) is -0.717. The summed E-state index contributed by atoms with van der Waals surface area (Å²) in [6.07, 6.45) is 5.99. The molecule has 31 heavy (non-hydrogen) atoms. The Labute approximate surface area is 186 Å². The Morgan fingerprint density at radius 1 is 0.839 bits per heavy atom. The number of hydrogen-bond acceptors (Lipinski definition) is 3. The van der Waals surface area contributed by atoms with Crippen molar-refractivity contribution in [1.29, 1.82) is 0 Å². The second kappa shape index (κ2) is 10.5. The molecular weight excluding hydrogens is 401 g/mol. The Hall–Kier alpha value is -2.74. The van der Waals surface area contributed by atoms with E-state index in [-0.39, 0.29) is 18.1 Å². The molecule has 0 radical (unpaired) electrons. The molecule has 1 aliphatic rings.